The summed E-state index contributed by atoms with van der Waals surface area (Å²) in [7, 11) is -4.94. The van der Waals surface area contributed by atoms with Gasteiger partial charge in [-0.15, -0.1) is 10.2 Å². The van der Waals surface area contributed by atoms with Crippen LogP contribution in [0.3, 0.4) is 0 Å². The predicted octanol–water partition coefficient (Wildman–Crippen LogP) is -1.22. The van der Waals surface area contributed by atoms with E-state index in [2.05, 4.69) is 66.2 Å². The van der Waals surface area contributed by atoms with Crippen molar-refractivity contribution in [2.75, 3.05) is 0 Å². The summed E-state index contributed by atoms with van der Waals surface area (Å²) in [5, 5.41) is 2.63. The first-order valence-corrected chi connectivity index (χ1v) is 8.05. The fourth-order valence-corrected chi connectivity index (χ4v) is 2.33. The summed E-state index contributed by atoms with van der Waals surface area (Å²) in [4.78, 5) is 0. The molecule has 0 aliphatic carbocycles. The number of halogens is 1. The third-order valence-electron chi connectivity index (χ3n) is 3.19. The minimum atomic E-state index is -4.94. The number of hydrogen-bond donors (Lipinski definition) is 0. The Balaban J connectivity index is 0.000000309. The second-order valence-electron chi connectivity index (χ2n) is 4.90. The van der Waals surface area contributed by atoms with Gasteiger partial charge in [0.1, 0.15) is 0 Å². The minimum Gasteiger partial charge on any atom is -0.222 e. The summed E-state index contributed by atoms with van der Waals surface area (Å²) in [6.45, 7) is 2.22. The highest BCUT2D eigenvalue weighted by Crippen LogP contribution is 2.17. The summed E-state index contributed by atoms with van der Waals surface area (Å²) >= 11 is 0. The molecular formula is C16H16ClNO4. The molecule has 1 aromatic carbocycles. The number of aryl methyl sites for hydroxylation is 1. The highest BCUT2D eigenvalue weighted by Gasteiger charge is 2.04. The molecule has 0 fully saturated rings. The lowest BCUT2D eigenvalue weighted by atomic mass is 10.1. The number of nitrogens with zero attached hydrogens (tertiary/aromatic N) is 1. The summed E-state index contributed by atoms with van der Waals surface area (Å²) in [6, 6.07) is 15.3. The Hall–Kier alpha value is -1.76. The van der Waals surface area contributed by atoms with Gasteiger partial charge in [-0.3, -0.25) is 0 Å². The van der Waals surface area contributed by atoms with E-state index in [9.17, 15) is 0 Å². The van der Waals surface area contributed by atoms with Gasteiger partial charge >= 0.3 is 0 Å². The van der Waals surface area contributed by atoms with Crippen LogP contribution in [0.15, 0.2) is 54.9 Å². The Bertz CT molecular complexity index is 765. The van der Waals surface area contributed by atoms with E-state index in [-0.39, 0.29) is 0 Å². The van der Waals surface area contributed by atoms with Crippen molar-refractivity contribution in [3.05, 3.63) is 60.4 Å². The van der Waals surface area contributed by atoms with E-state index >= 15 is 0 Å². The largest absolute Gasteiger partial charge is 0.222 e. The van der Waals surface area contributed by atoms with Crippen LogP contribution in [-0.2, 0) is 6.42 Å². The van der Waals surface area contributed by atoms with Crippen LogP contribution in [0.25, 0.3) is 16.3 Å². The summed E-state index contributed by atoms with van der Waals surface area (Å²) in [5.41, 5.74) is 2.67. The molecule has 3 aromatic rings. The number of fused-ring (bicyclic) bond motifs is 2. The Morgan fingerprint density at radius 3 is 2.36 bits per heavy atom. The van der Waals surface area contributed by atoms with Crippen molar-refractivity contribution in [1.82, 2.24) is 0 Å². The van der Waals surface area contributed by atoms with Crippen LogP contribution < -0.4 is 23.0 Å². The Labute approximate surface area is 130 Å². The van der Waals surface area contributed by atoms with E-state index in [0.29, 0.717) is 0 Å². The molecule has 2 aromatic heterocycles. The second-order valence-corrected chi connectivity index (χ2v) is 5.65. The molecule has 0 atom stereocenters. The van der Waals surface area contributed by atoms with Gasteiger partial charge in [0.15, 0.2) is 12.4 Å². The molecule has 2 heterocycles. The number of benzene rings is 1. The van der Waals surface area contributed by atoms with Crippen molar-refractivity contribution in [2.24, 2.45) is 0 Å². The molecule has 0 N–H and O–H groups in total. The predicted molar refractivity (Wildman–Crippen MR) is 71.1 cm³/mol. The summed E-state index contributed by atoms with van der Waals surface area (Å²) in [6.07, 6.45) is 6.65. The van der Waals surface area contributed by atoms with Gasteiger partial charge in [0.2, 0.25) is 5.52 Å². The Morgan fingerprint density at radius 1 is 0.955 bits per heavy atom. The van der Waals surface area contributed by atoms with Crippen molar-refractivity contribution in [2.45, 2.75) is 19.8 Å². The number of hydrogen-bond acceptors (Lipinski definition) is 4. The average molecular weight is 322 g/mol. The summed E-state index contributed by atoms with van der Waals surface area (Å²) in [5.74, 6) is 0. The van der Waals surface area contributed by atoms with Gasteiger partial charge in [-0.2, -0.15) is 4.40 Å². The molecule has 0 saturated carbocycles. The van der Waals surface area contributed by atoms with E-state index in [4.69, 9.17) is 18.6 Å². The SMILES string of the molecule is CCCc1ccc2c[n+]3ccccc3cc2c1.[O-][Cl+3]([O-])([O-])[O-]. The molecule has 0 spiro atoms. The van der Waals surface area contributed by atoms with E-state index in [1.165, 1.54) is 28.3 Å². The zero-order valence-corrected chi connectivity index (χ0v) is 12.8. The first kappa shape index (κ1) is 16.6. The molecule has 0 aliphatic heterocycles. The van der Waals surface area contributed by atoms with Gasteiger partial charge in [-0.25, -0.2) is 18.6 Å². The quantitative estimate of drug-likeness (QED) is 0.436. The minimum absolute atomic E-state index is 1.16. The van der Waals surface area contributed by atoms with E-state index < -0.39 is 10.2 Å². The maximum atomic E-state index is 8.49. The highest BCUT2D eigenvalue weighted by molar-refractivity contribution is 5.84. The van der Waals surface area contributed by atoms with Gasteiger partial charge in [0.25, 0.3) is 0 Å². The third-order valence-corrected chi connectivity index (χ3v) is 3.19. The van der Waals surface area contributed by atoms with Gasteiger partial charge in [0.05, 0.1) is 0 Å². The molecule has 5 nitrogen and oxygen atoms in total. The first-order valence-electron chi connectivity index (χ1n) is 6.81. The topological polar surface area (TPSA) is 96.3 Å². The molecule has 0 amide bonds. The standard InChI is InChI=1S/C16H16N.ClHO4/c1-2-5-13-7-8-14-12-17-9-4-3-6-16(17)11-15(14)10-13;2-1(3,4)5/h3-4,6-12H,2,5H2,1H3;(H,2,3,4,5)/q+1;/p-1. The van der Waals surface area contributed by atoms with Gasteiger partial charge < -0.3 is 0 Å². The monoisotopic (exact) mass is 321 g/mol. The second kappa shape index (κ2) is 7.00. The lowest BCUT2D eigenvalue weighted by molar-refractivity contribution is -2.00. The maximum absolute atomic E-state index is 8.49. The number of aromatic nitrogens is 1. The average Bonchev–Trinajstić information content (AvgIpc) is 2.43. The van der Waals surface area contributed by atoms with Gasteiger partial charge in [-0.1, -0.05) is 25.5 Å². The van der Waals surface area contributed by atoms with E-state index in [1.807, 2.05) is 0 Å². The highest BCUT2D eigenvalue weighted by atomic mass is 35.7. The zero-order valence-electron chi connectivity index (χ0n) is 12.1. The first-order chi connectivity index (χ1) is 10.4. The molecule has 6 heteroatoms. The van der Waals surface area contributed by atoms with Crippen LogP contribution >= 0.6 is 0 Å². The molecule has 3 rings (SSSR count). The lowest BCUT2D eigenvalue weighted by Gasteiger charge is -2.17. The molecule has 0 aliphatic rings. The van der Waals surface area contributed by atoms with Crippen LogP contribution in [0, 0.1) is 10.2 Å². The number of pyridine rings is 2. The smallest absolute Gasteiger partial charge is 0.211 e. The molecule has 0 radical (unpaired) electrons. The van der Waals surface area contributed by atoms with Crippen LogP contribution in [0.2, 0.25) is 0 Å². The van der Waals surface area contributed by atoms with Crippen molar-refractivity contribution in [3.63, 3.8) is 0 Å². The van der Waals surface area contributed by atoms with Crippen molar-refractivity contribution < 1.29 is 33.3 Å². The maximum Gasteiger partial charge on any atom is 0.211 e. The number of rotatable bonds is 2. The van der Waals surface area contributed by atoms with E-state index in [0.717, 1.165) is 6.42 Å². The normalized spacial score (nSPS) is 11.3. The fraction of sp³-hybridized carbons (Fsp3) is 0.188. The van der Waals surface area contributed by atoms with Crippen LogP contribution in [-0.4, -0.2) is 0 Å². The van der Waals surface area contributed by atoms with E-state index in [1.54, 1.807) is 0 Å². The summed E-state index contributed by atoms with van der Waals surface area (Å²) < 4.78 is 36.1. The molecule has 22 heavy (non-hydrogen) atoms. The Kier molecular flexibility index (Phi) is 5.28. The van der Waals surface area contributed by atoms with Crippen molar-refractivity contribution in [3.8, 4) is 0 Å². The fourth-order valence-electron chi connectivity index (χ4n) is 2.33. The molecule has 116 valence electrons. The Morgan fingerprint density at radius 2 is 1.68 bits per heavy atom. The molecular weight excluding hydrogens is 306 g/mol. The zero-order chi connectivity index (χ0) is 16.2. The van der Waals surface area contributed by atoms with Gasteiger partial charge in [0, 0.05) is 23.6 Å². The van der Waals surface area contributed by atoms with Crippen molar-refractivity contribution in [1.29, 1.82) is 0 Å². The molecule has 0 bridgehead atoms. The lowest BCUT2D eigenvalue weighted by Crippen LogP contribution is -2.68. The van der Waals surface area contributed by atoms with Crippen molar-refractivity contribution >= 4 is 16.3 Å². The van der Waals surface area contributed by atoms with Gasteiger partial charge in [-0.05, 0) is 29.5 Å². The molecule has 0 unspecified atom stereocenters. The molecule has 0 saturated heterocycles. The van der Waals surface area contributed by atoms with Crippen LogP contribution in [0.4, 0.5) is 0 Å². The van der Waals surface area contributed by atoms with Crippen LogP contribution in [0.5, 0.6) is 0 Å². The van der Waals surface area contributed by atoms with Crippen LogP contribution in [0.1, 0.15) is 18.9 Å². The third kappa shape index (κ3) is 4.91.